The molecule has 0 bridgehead atoms. The molecule has 0 saturated heterocycles. The third kappa shape index (κ3) is 2.59. The van der Waals surface area contributed by atoms with E-state index in [4.69, 9.17) is 0 Å². The van der Waals surface area contributed by atoms with Gasteiger partial charge in [-0.2, -0.15) is 4.98 Å². The number of pyridine rings is 1. The highest BCUT2D eigenvalue weighted by atomic mass is 79.9. The Kier molecular flexibility index (Phi) is 3.41. The predicted octanol–water partition coefficient (Wildman–Crippen LogP) is 3.01. The first kappa shape index (κ1) is 10.7. The van der Waals surface area contributed by atoms with Gasteiger partial charge in [0, 0.05) is 17.2 Å². The first-order valence-corrected chi connectivity index (χ1v) is 6.31. The Morgan fingerprint density at radius 1 is 1.00 bits per heavy atom. The molecule has 1 aromatic heterocycles. The van der Waals surface area contributed by atoms with Crippen LogP contribution in [-0.4, -0.2) is 9.54 Å². The van der Waals surface area contributed by atoms with Crippen molar-refractivity contribution in [3.05, 3.63) is 53.1 Å². The lowest BCUT2D eigenvalue weighted by molar-refractivity contribution is 0.591. The summed E-state index contributed by atoms with van der Waals surface area (Å²) in [5, 5.41) is 0.565. The molecule has 76 valence electrons. The fourth-order valence-electron chi connectivity index (χ4n) is 1.16. The predicted molar refractivity (Wildman–Crippen MR) is 63.1 cm³/mol. The van der Waals surface area contributed by atoms with Crippen molar-refractivity contribution in [2.75, 3.05) is 0 Å². The summed E-state index contributed by atoms with van der Waals surface area (Å²) < 4.78 is 12.7. The van der Waals surface area contributed by atoms with Crippen LogP contribution in [0.2, 0.25) is 0 Å². The van der Waals surface area contributed by atoms with E-state index in [1.165, 1.54) is 0 Å². The lowest BCUT2D eigenvalue weighted by atomic mass is 10.4. The summed E-state index contributed by atoms with van der Waals surface area (Å²) >= 11 is 2.06. The van der Waals surface area contributed by atoms with Crippen LogP contribution in [0.5, 0.6) is 0 Å². The van der Waals surface area contributed by atoms with Gasteiger partial charge in [0.05, 0.1) is 0 Å². The molecule has 4 heteroatoms. The van der Waals surface area contributed by atoms with Crippen LogP contribution in [0.4, 0.5) is 0 Å². The first-order valence-electron chi connectivity index (χ1n) is 4.37. The molecule has 0 N–H and O–H groups in total. The van der Waals surface area contributed by atoms with Crippen LogP contribution in [0.25, 0.3) is 0 Å². The van der Waals surface area contributed by atoms with E-state index in [0.717, 1.165) is 4.90 Å². The van der Waals surface area contributed by atoms with Crippen molar-refractivity contribution in [2.45, 2.75) is 9.92 Å². The van der Waals surface area contributed by atoms with E-state index >= 15 is 0 Å². The highest BCUT2D eigenvalue weighted by molar-refractivity contribution is 9.10. The minimum Gasteiger partial charge on any atom is -0.605 e. The van der Waals surface area contributed by atoms with E-state index < -0.39 is 11.2 Å². The highest BCUT2D eigenvalue weighted by Gasteiger charge is 2.15. The SMILES string of the molecule is [O-][S+](c1ccccc1)c1cccc(Br)n1. The second-order valence-electron chi connectivity index (χ2n) is 2.88. The molecule has 15 heavy (non-hydrogen) atoms. The fourth-order valence-corrected chi connectivity index (χ4v) is 2.65. The Morgan fingerprint density at radius 2 is 1.73 bits per heavy atom. The molecule has 1 atom stereocenters. The summed E-state index contributed by atoms with van der Waals surface area (Å²) in [6.45, 7) is 0. The summed E-state index contributed by atoms with van der Waals surface area (Å²) in [5.41, 5.74) is 0. The van der Waals surface area contributed by atoms with Crippen molar-refractivity contribution >= 4 is 27.1 Å². The highest BCUT2D eigenvalue weighted by Crippen LogP contribution is 2.19. The molecule has 2 aromatic rings. The lowest BCUT2D eigenvalue weighted by Gasteiger charge is -2.08. The summed E-state index contributed by atoms with van der Waals surface area (Å²) in [6, 6.07) is 14.7. The Morgan fingerprint density at radius 3 is 2.40 bits per heavy atom. The van der Waals surface area contributed by atoms with Crippen LogP contribution in [0.3, 0.4) is 0 Å². The summed E-state index contributed by atoms with van der Waals surface area (Å²) in [7, 11) is 0. The van der Waals surface area contributed by atoms with Crippen LogP contribution in [0, 0.1) is 0 Å². The molecule has 0 fully saturated rings. The Labute approximate surface area is 99.7 Å². The molecule has 0 aliphatic carbocycles. The molecule has 2 rings (SSSR count). The molecular weight excluding hydrogens is 274 g/mol. The van der Waals surface area contributed by atoms with Gasteiger partial charge >= 0.3 is 0 Å². The van der Waals surface area contributed by atoms with E-state index in [1.54, 1.807) is 6.07 Å². The Balaban J connectivity index is 2.32. The van der Waals surface area contributed by atoms with Gasteiger partial charge in [-0.05, 0) is 34.1 Å². The molecule has 0 aliphatic heterocycles. The quantitative estimate of drug-likeness (QED) is 0.627. The van der Waals surface area contributed by atoms with Crippen molar-refractivity contribution in [3.8, 4) is 0 Å². The van der Waals surface area contributed by atoms with E-state index in [2.05, 4.69) is 20.9 Å². The van der Waals surface area contributed by atoms with E-state index in [1.807, 2.05) is 42.5 Å². The molecular formula is C11H8BrNOS. The van der Waals surface area contributed by atoms with Gasteiger partial charge in [0.2, 0.25) is 0 Å². The van der Waals surface area contributed by atoms with Gasteiger partial charge in [-0.3, -0.25) is 0 Å². The number of hydrogen-bond donors (Lipinski definition) is 0. The van der Waals surface area contributed by atoms with Crippen LogP contribution in [0.1, 0.15) is 0 Å². The molecule has 1 unspecified atom stereocenters. The lowest BCUT2D eigenvalue weighted by Crippen LogP contribution is -2.04. The largest absolute Gasteiger partial charge is 0.605 e. The Bertz CT molecular complexity index is 449. The van der Waals surface area contributed by atoms with Gasteiger partial charge in [-0.25, -0.2) is 0 Å². The topological polar surface area (TPSA) is 36.0 Å². The third-order valence-electron chi connectivity index (χ3n) is 1.84. The molecule has 1 aromatic carbocycles. The van der Waals surface area contributed by atoms with Crippen molar-refractivity contribution in [3.63, 3.8) is 0 Å². The van der Waals surface area contributed by atoms with Gasteiger partial charge in [0.1, 0.15) is 4.60 Å². The van der Waals surface area contributed by atoms with Crippen molar-refractivity contribution in [1.29, 1.82) is 0 Å². The maximum atomic E-state index is 12.0. The zero-order valence-corrected chi connectivity index (χ0v) is 10.2. The molecule has 0 saturated carbocycles. The summed E-state index contributed by atoms with van der Waals surface area (Å²) in [4.78, 5) is 4.93. The summed E-state index contributed by atoms with van der Waals surface area (Å²) in [6.07, 6.45) is 0. The monoisotopic (exact) mass is 281 g/mol. The zero-order valence-electron chi connectivity index (χ0n) is 7.76. The van der Waals surface area contributed by atoms with E-state index in [-0.39, 0.29) is 0 Å². The minimum atomic E-state index is -1.20. The number of rotatable bonds is 2. The van der Waals surface area contributed by atoms with E-state index in [9.17, 15) is 4.55 Å². The van der Waals surface area contributed by atoms with Gasteiger partial charge in [-0.15, -0.1) is 0 Å². The second-order valence-corrected chi connectivity index (χ2v) is 5.12. The Hall–Kier alpha value is -0.840. The molecule has 0 aliphatic rings. The van der Waals surface area contributed by atoms with Crippen LogP contribution in [-0.2, 0) is 11.2 Å². The fraction of sp³-hybridized carbons (Fsp3) is 0. The maximum Gasteiger partial charge on any atom is 0.251 e. The van der Waals surface area contributed by atoms with Crippen molar-refractivity contribution in [2.24, 2.45) is 0 Å². The number of benzene rings is 1. The summed E-state index contributed by atoms with van der Waals surface area (Å²) in [5.74, 6) is 0. The van der Waals surface area contributed by atoms with Gasteiger partial charge in [-0.1, -0.05) is 24.3 Å². The molecule has 0 spiro atoms. The number of halogens is 1. The number of aromatic nitrogens is 1. The average Bonchev–Trinajstić information content (AvgIpc) is 2.29. The van der Waals surface area contributed by atoms with Crippen LogP contribution < -0.4 is 0 Å². The smallest absolute Gasteiger partial charge is 0.251 e. The van der Waals surface area contributed by atoms with Crippen LogP contribution >= 0.6 is 15.9 Å². The first-order chi connectivity index (χ1) is 7.27. The zero-order chi connectivity index (χ0) is 10.7. The molecule has 0 radical (unpaired) electrons. The number of hydrogen-bond acceptors (Lipinski definition) is 2. The van der Waals surface area contributed by atoms with E-state index in [0.29, 0.717) is 9.63 Å². The van der Waals surface area contributed by atoms with Crippen molar-refractivity contribution in [1.82, 2.24) is 4.98 Å². The molecule has 1 heterocycles. The number of nitrogens with zero attached hydrogens (tertiary/aromatic N) is 1. The minimum absolute atomic E-state index is 0.565. The maximum absolute atomic E-state index is 12.0. The second kappa shape index (κ2) is 4.79. The third-order valence-corrected chi connectivity index (χ3v) is 3.59. The normalized spacial score (nSPS) is 12.4. The molecule has 2 nitrogen and oxygen atoms in total. The molecule has 0 amide bonds. The standard InChI is InChI=1S/C11H8BrNOS/c12-10-7-4-8-11(13-10)15(14)9-5-2-1-3-6-9/h1-8H. The van der Waals surface area contributed by atoms with Crippen molar-refractivity contribution < 1.29 is 4.55 Å². The van der Waals surface area contributed by atoms with Gasteiger partial charge in [0.15, 0.2) is 4.90 Å². The van der Waals surface area contributed by atoms with Gasteiger partial charge < -0.3 is 4.55 Å². The van der Waals surface area contributed by atoms with Crippen LogP contribution in [0.15, 0.2) is 63.1 Å². The van der Waals surface area contributed by atoms with Gasteiger partial charge in [0.25, 0.3) is 5.03 Å². The average molecular weight is 282 g/mol.